The van der Waals surface area contributed by atoms with Crippen molar-refractivity contribution in [2.24, 2.45) is 0 Å². The third-order valence-electron chi connectivity index (χ3n) is 5.06. The Morgan fingerprint density at radius 1 is 1.04 bits per heavy atom. The van der Waals surface area contributed by atoms with Crippen molar-refractivity contribution in [1.82, 2.24) is 9.80 Å². The Labute approximate surface area is 161 Å². The van der Waals surface area contributed by atoms with Crippen LogP contribution in [-0.2, 0) is 17.9 Å². The van der Waals surface area contributed by atoms with E-state index >= 15 is 0 Å². The summed E-state index contributed by atoms with van der Waals surface area (Å²) in [5, 5.41) is 12.3. The van der Waals surface area contributed by atoms with Crippen LogP contribution in [0, 0.1) is 0 Å². The highest BCUT2D eigenvalue weighted by Gasteiger charge is 2.26. The molecule has 2 aromatic carbocycles. The van der Waals surface area contributed by atoms with Gasteiger partial charge in [0.15, 0.2) is 0 Å². The number of hydrogen-bond donors (Lipinski definition) is 2. The Morgan fingerprint density at radius 3 is 2.41 bits per heavy atom. The molecule has 1 aliphatic heterocycles. The molecule has 0 radical (unpaired) electrons. The summed E-state index contributed by atoms with van der Waals surface area (Å²) < 4.78 is 0. The molecular weight excluding hydrogens is 338 g/mol. The summed E-state index contributed by atoms with van der Waals surface area (Å²) in [4.78, 5) is 16.1. The lowest BCUT2D eigenvalue weighted by Crippen LogP contribution is -2.52. The quantitative estimate of drug-likeness (QED) is 0.790. The van der Waals surface area contributed by atoms with Gasteiger partial charge in [-0.2, -0.15) is 0 Å². The topological polar surface area (TPSA) is 55.8 Å². The highest BCUT2D eigenvalue weighted by Crippen LogP contribution is 2.19. The van der Waals surface area contributed by atoms with Crippen LogP contribution in [0.4, 0.5) is 5.69 Å². The van der Waals surface area contributed by atoms with Gasteiger partial charge in [0.1, 0.15) is 0 Å². The van der Waals surface area contributed by atoms with Crippen LogP contribution in [0.25, 0.3) is 0 Å². The van der Waals surface area contributed by atoms with Gasteiger partial charge in [-0.25, -0.2) is 0 Å². The van der Waals surface area contributed by atoms with E-state index in [0.717, 1.165) is 44.8 Å². The minimum atomic E-state index is -0.0517. The van der Waals surface area contributed by atoms with Crippen LogP contribution >= 0.6 is 0 Å². The molecule has 0 spiro atoms. The molecule has 2 aromatic rings. The van der Waals surface area contributed by atoms with Crippen molar-refractivity contribution < 1.29 is 9.90 Å². The molecule has 0 aromatic heterocycles. The van der Waals surface area contributed by atoms with Gasteiger partial charge in [0.2, 0.25) is 5.91 Å². The maximum Gasteiger partial charge on any atom is 0.221 e. The Balaban J connectivity index is 1.58. The van der Waals surface area contributed by atoms with Gasteiger partial charge in [-0.15, -0.1) is 0 Å². The summed E-state index contributed by atoms with van der Waals surface area (Å²) in [6.07, 6.45) is 0.796. The maximum atomic E-state index is 11.1. The molecular formula is C22H29N3O2. The van der Waals surface area contributed by atoms with Crippen LogP contribution in [0.5, 0.6) is 0 Å². The summed E-state index contributed by atoms with van der Waals surface area (Å²) in [5.41, 5.74) is 3.39. The molecule has 1 saturated heterocycles. The predicted molar refractivity (Wildman–Crippen MR) is 108 cm³/mol. The minimum Gasteiger partial charge on any atom is -0.396 e. The first-order valence-electron chi connectivity index (χ1n) is 9.62. The van der Waals surface area contributed by atoms with Gasteiger partial charge >= 0.3 is 0 Å². The van der Waals surface area contributed by atoms with E-state index in [4.69, 9.17) is 0 Å². The lowest BCUT2D eigenvalue weighted by molar-refractivity contribution is -0.114. The molecule has 144 valence electrons. The van der Waals surface area contributed by atoms with E-state index < -0.39 is 0 Å². The van der Waals surface area contributed by atoms with Gasteiger partial charge in [0, 0.05) is 58.0 Å². The van der Waals surface area contributed by atoms with Crippen LogP contribution in [0.2, 0.25) is 0 Å². The third-order valence-corrected chi connectivity index (χ3v) is 5.06. The highest BCUT2D eigenvalue weighted by molar-refractivity contribution is 5.88. The molecule has 5 heteroatoms. The average molecular weight is 367 g/mol. The number of amides is 1. The van der Waals surface area contributed by atoms with Crippen LogP contribution in [0.15, 0.2) is 54.6 Å². The number of piperazine rings is 1. The first-order chi connectivity index (χ1) is 13.1. The molecule has 0 bridgehead atoms. The predicted octanol–water partition coefficient (Wildman–Crippen LogP) is 2.71. The second-order valence-corrected chi connectivity index (χ2v) is 7.24. The Hall–Kier alpha value is -2.21. The standard InChI is InChI=1S/C22H29N3O2/c1-18(27)23-21-9-7-20(8-10-21)15-24-12-13-25(22(17-24)11-14-26)16-19-5-3-2-4-6-19/h2-10,22,26H,11-17H2,1H3,(H,23,27)/t22-/m1/s1. The zero-order valence-electron chi connectivity index (χ0n) is 16.0. The molecule has 27 heavy (non-hydrogen) atoms. The van der Waals surface area contributed by atoms with Crippen molar-refractivity contribution in [2.75, 3.05) is 31.6 Å². The second-order valence-electron chi connectivity index (χ2n) is 7.24. The Bertz CT molecular complexity index is 718. The maximum absolute atomic E-state index is 11.1. The average Bonchev–Trinajstić information content (AvgIpc) is 2.66. The first kappa shape index (κ1) is 19.5. The van der Waals surface area contributed by atoms with E-state index in [1.54, 1.807) is 0 Å². The molecule has 1 amide bonds. The van der Waals surface area contributed by atoms with Crippen molar-refractivity contribution in [1.29, 1.82) is 0 Å². The zero-order valence-corrected chi connectivity index (χ0v) is 16.0. The van der Waals surface area contributed by atoms with Gasteiger partial charge in [-0.1, -0.05) is 42.5 Å². The molecule has 0 saturated carbocycles. The molecule has 3 rings (SSSR count). The fourth-order valence-electron chi connectivity index (χ4n) is 3.70. The number of rotatable bonds is 7. The number of aliphatic hydroxyl groups is 1. The third kappa shape index (κ3) is 5.89. The minimum absolute atomic E-state index is 0.0517. The van der Waals surface area contributed by atoms with Crippen LogP contribution in [0.1, 0.15) is 24.5 Å². The van der Waals surface area contributed by atoms with E-state index in [9.17, 15) is 9.90 Å². The van der Waals surface area contributed by atoms with Crippen molar-refractivity contribution in [3.8, 4) is 0 Å². The zero-order chi connectivity index (χ0) is 19.1. The monoisotopic (exact) mass is 367 g/mol. The number of hydrogen-bond acceptors (Lipinski definition) is 4. The number of nitrogens with zero attached hydrogens (tertiary/aromatic N) is 2. The molecule has 1 fully saturated rings. The number of benzene rings is 2. The molecule has 1 aliphatic rings. The molecule has 5 nitrogen and oxygen atoms in total. The SMILES string of the molecule is CC(=O)Nc1ccc(CN2CCN(Cc3ccccc3)[C@H](CCO)C2)cc1. The molecule has 0 aliphatic carbocycles. The summed E-state index contributed by atoms with van der Waals surface area (Å²) in [7, 11) is 0. The molecule has 0 unspecified atom stereocenters. The van der Waals surface area contributed by atoms with E-state index in [2.05, 4.69) is 51.5 Å². The summed E-state index contributed by atoms with van der Waals surface area (Å²) in [6.45, 7) is 6.54. The normalized spacial score (nSPS) is 18.4. The number of carbonyl (C=O) groups is 1. The highest BCUT2D eigenvalue weighted by atomic mass is 16.3. The summed E-state index contributed by atoms with van der Waals surface area (Å²) in [6, 6.07) is 18.9. The molecule has 1 heterocycles. The van der Waals surface area contributed by atoms with E-state index in [0.29, 0.717) is 6.04 Å². The van der Waals surface area contributed by atoms with E-state index in [-0.39, 0.29) is 12.5 Å². The lowest BCUT2D eigenvalue weighted by Gasteiger charge is -2.41. The Kier molecular flexibility index (Phi) is 6.98. The number of anilines is 1. The summed E-state index contributed by atoms with van der Waals surface area (Å²) >= 11 is 0. The lowest BCUT2D eigenvalue weighted by atomic mass is 10.1. The van der Waals surface area contributed by atoms with Gasteiger partial charge in [-0.3, -0.25) is 14.6 Å². The fourth-order valence-corrected chi connectivity index (χ4v) is 3.70. The fraction of sp³-hybridized carbons (Fsp3) is 0.409. The van der Waals surface area contributed by atoms with Crippen LogP contribution in [-0.4, -0.2) is 53.1 Å². The molecule has 2 N–H and O–H groups in total. The van der Waals surface area contributed by atoms with Crippen LogP contribution in [0.3, 0.4) is 0 Å². The Morgan fingerprint density at radius 2 is 1.74 bits per heavy atom. The largest absolute Gasteiger partial charge is 0.396 e. The van der Waals surface area contributed by atoms with Crippen molar-refractivity contribution >= 4 is 11.6 Å². The van der Waals surface area contributed by atoms with Gasteiger partial charge in [-0.05, 0) is 29.7 Å². The smallest absolute Gasteiger partial charge is 0.221 e. The van der Waals surface area contributed by atoms with Gasteiger partial charge in [0.05, 0.1) is 0 Å². The van der Waals surface area contributed by atoms with Crippen molar-refractivity contribution in [3.05, 3.63) is 65.7 Å². The number of nitrogens with one attached hydrogen (secondary N) is 1. The van der Waals surface area contributed by atoms with E-state index in [1.807, 2.05) is 18.2 Å². The molecule has 1 atom stereocenters. The summed E-state index contributed by atoms with van der Waals surface area (Å²) in [5.74, 6) is -0.0517. The number of aliphatic hydroxyl groups excluding tert-OH is 1. The van der Waals surface area contributed by atoms with Crippen molar-refractivity contribution in [3.63, 3.8) is 0 Å². The van der Waals surface area contributed by atoms with Crippen LogP contribution < -0.4 is 5.32 Å². The van der Waals surface area contributed by atoms with Crippen molar-refractivity contribution in [2.45, 2.75) is 32.5 Å². The second kappa shape index (κ2) is 9.65. The van der Waals surface area contributed by atoms with E-state index in [1.165, 1.54) is 18.1 Å². The first-order valence-corrected chi connectivity index (χ1v) is 9.62. The van der Waals surface area contributed by atoms with Gasteiger partial charge in [0.25, 0.3) is 0 Å². The number of carbonyl (C=O) groups excluding carboxylic acids is 1. The van der Waals surface area contributed by atoms with Gasteiger partial charge < -0.3 is 10.4 Å².